The fourth-order valence-corrected chi connectivity index (χ4v) is 1.23. The lowest BCUT2D eigenvalue weighted by atomic mass is 9.92. The Kier molecular flexibility index (Phi) is 4.60. The van der Waals surface area contributed by atoms with Gasteiger partial charge in [-0.3, -0.25) is 0 Å². The summed E-state index contributed by atoms with van der Waals surface area (Å²) < 4.78 is 5.96. The summed E-state index contributed by atoms with van der Waals surface area (Å²) in [6, 6.07) is 0. The van der Waals surface area contributed by atoms with Crippen LogP contribution in [0.3, 0.4) is 0 Å². The van der Waals surface area contributed by atoms with Gasteiger partial charge in [-0.25, -0.2) is 0 Å². The molecule has 0 spiro atoms. The molecule has 2 nitrogen and oxygen atoms in total. The summed E-state index contributed by atoms with van der Waals surface area (Å²) in [7, 11) is 0. The lowest BCUT2D eigenvalue weighted by Gasteiger charge is -2.38. The standard InChI is InChI=1S/C12H26O2/c1-8-10(11(4,5)13)14-12(6,7)9(2)3/h9-10,13H,8H2,1-7H3. The van der Waals surface area contributed by atoms with Crippen LogP contribution in [0.5, 0.6) is 0 Å². The van der Waals surface area contributed by atoms with Gasteiger partial charge in [0.2, 0.25) is 0 Å². The summed E-state index contributed by atoms with van der Waals surface area (Å²) in [5.74, 6) is 0.443. The Hall–Kier alpha value is -0.0800. The molecule has 0 bridgehead atoms. The van der Waals surface area contributed by atoms with Crippen LogP contribution in [0.2, 0.25) is 0 Å². The molecule has 14 heavy (non-hydrogen) atoms. The Bertz CT molecular complexity index is 166. The van der Waals surface area contributed by atoms with Crippen molar-refractivity contribution in [1.82, 2.24) is 0 Å². The van der Waals surface area contributed by atoms with Gasteiger partial charge in [0, 0.05) is 0 Å². The maximum atomic E-state index is 9.90. The predicted octanol–water partition coefficient (Wildman–Crippen LogP) is 2.99. The van der Waals surface area contributed by atoms with Gasteiger partial charge in [-0.15, -0.1) is 0 Å². The molecule has 0 rings (SSSR count). The molecule has 0 heterocycles. The van der Waals surface area contributed by atoms with E-state index >= 15 is 0 Å². The SMILES string of the molecule is CCC(OC(C)(C)C(C)C)C(C)(C)O. The fourth-order valence-electron chi connectivity index (χ4n) is 1.23. The van der Waals surface area contributed by atoms with Crippen LogP contribution in [0.4, 0.5) is 0 Å². The van der Waals surface area contributed by atoms with E-state index in [0.717, 1.165) is 6.42 Å². The number of hydrogen-bond donors (Lipinski definition) is 1. The van der Waals surface area contributed by atoms with E-state index < -0.39 is 5.60 Å². The summed E-state index contributed by atoms with van der Waals surface area (Å²) in [6.45, 7) is 14.1. The van der Waals surface area contributed by atoms with Crippen molar-refractivity contribution in [2.75, 3.05) is 0 Å². The summed E-state index contributed by atoms with van der Waals surface area (Å²) >= 11 is 0. The summed E-state index contributed by atoms with van der Waals surface area (Å²) in [5, 5.41) is 9.90. The van der Waals surface area contributed by atoms with Gasteiger partial charge >= 0.3 is 0 Å². The van der Waals surface area contributed by atoms with Crippen LogP contribution in [0, 0.1) is 5.92 Å². The molecule has 1 N–H and O–H groups in total. The fraction of sp³-hybridized carbons (Fsp3) is 1.00. The summed E-state index contributed by atoms with van der Waals surface area (Å²) in [6.07, 6.45) is 0.736. The molecule has 0 aromatic rings. The van der Waals surface area contributed by atoms with Gasteiger partial charge in [0.15, 0.2) is 0 Å². The van der Waals surface area contributed by atoms with Crippen molar-refractivity contribution in [2.24, 2.45) is 5.92 Å². The number of ether oxygens (including phenoxy) is 1. The van der Waals surface area contributed by atoms with Gasteiger partial charge in [0.1, 0.15) is 0 Å². The lowest BCUT2D eigenvalue weighted by molar-refractivity contribution is -0.166. The molecule has 0 saturated carbocycles. The molecule has 0 amide bonds. The molecule has 1 unspecified atom stereocenters. The van der Waals surface area contributed by atoms with E-state index in [1.54, 1.807) is 13.8 Å². The molecule has 1 atom stereocenters. The molecule has 0 fully saturated rings. The van der Waals surface area contributed by atoms with Crippen LogP contribution in [0.1, 0.15) is 54.9 Å². The Morgan fingerprint density at radius 1 is 1.14 bits per heavy atom. The second kappa shape index (κ2) is 4.63. The zero-order valence-corrected chi connectivity index (χ0v) is 10.7. The Morgan fingerprint density at radius 2 is 1.57 bits per heavy atom. The first-order valence-electron chi connectivity index (χ1n) is 5.51. The third-order valence-corrected chi connectivity index (χ3v) is 3.00. The maximum Gasteiger partial charge on any atom is 0.0861 e. The first kappa shape index (κ1) is 13.9. The minimum Gasteiger partial charge on any atom is -0.388 e. The molecule has 0 radical (unpaired) electrons. The highest BCUT2D eigenvalue weighted by atomic mass is 16.5. The average molecular weight is 202 g/mol. The smallest absolute Gasteiger partial charge is 0.0861 e. The first-order chi connectivity index (χ1) is 6.11. The van der Waals surface area contributed by atoms with E-state index in [1.807, 2.05) is 6.92 Å². The van der Waals surface area contributed by atoms with Crippen LogP contribution >= 0.6 is 0 Å². The molecule has 0 aromatic heterocycles. The molecule has 0 aliphatic rings. The van der Waals surface area contributed by atoms with E-state index in [2.05, 4.69) is 27.7 Å². The Balaban J connectivity index is 4.47. The van der Waals surface area contributed by atoms with Crippen LogP contribution in [-0.4, -0.2) is 22.4 Å². The highest BCUT2D eigenvalue weighted by Gasteiger charge is 2.33. The van der Waals surface area contributed by atoms with Crippen LogP contribution < -0.4 is 0 Å². The number of aliphatic hydroxyl groups is 1. The summed E-state index contributed by atoms with van der Waals surface area (Å²) in [5.41, 5.74) is -0.943. The normalized spacial score (nSPS) is 16.1. The Labute approximate surface area is 88.7 Å². The van der Waals surface area contributed by atoms with Gasteiger partial charge in [-0.05, 0) is 40.0 Å². The monoisotopic (exact) mass is 202 g/mol. The molecule has 0 aliphatic heterocycles. The third kappa shape index (κ3) is 3.97. The molecule has 2 heteroatoms. The maximum absolute atomic E-state index is 9.90. The predicted molar refractivity (Wildman–Crippen MR) is 60.4 cm³/mol. The van der Waals surface area contributed by atoms with E-state index in [-0.39, 0.29) is 11.7 Å². The van der Waals surface area contributed by atoms with Gasteiger partial charge < -0.3 is 9.84 Å². The van der Waals surface area contributed by atoms with Gasteiger partial charge in [-0.1, -0.05) is 20.8 Å². The topological polar surface area (TPSA) is 29.5 Å². The summed E-state index contributed by atoms with van der Waals surface area (Å²) in [4.78, 5) is 0. The van der Waals surface area contributed by atoms with Gasteiger partial charge in [-0.2, -0.15) is 0 Å². The molecule has 0 aromatic carbocycles. The molecule has 86 valence electrons. The van der Waals surface area contributed by atoms with Crippen molar-refractivity contribution in [1.29, 1.82) is 0 Å². The molecule has 0 aliphatic carbocycles. The second-order valence-electron chi connectivity index (χ2n) is 5.43. The molecular formula is C12H26O2. The first-order valence-corrected chi connectivity index (χ1v) is 5.51. The lowest BCUT2D eigenvalue weighted by Crippen LogP contribution is -2.45. The van der Waals surface area contributed by atoms with Crippen LogP contribution in [-0.2, 0) is 4.74 Å². The Morgan fingerprint density at radius 3 is 1.79 bits per heavy atom. The van der Waals surface area contributed by atoms with Crippen molar-refractivity contribution in [2.45, 2.75) is 72.2 Å². The van der Waals surface area contributed by atoms with Gasteiger partial charge in [0.05, 0.1) is 17.3 Å². The quantitative estimate of drug-likeness (QED) is 0.742. The van der Waals surface area contributed by atoms with Crippen molar-refractivity contribution >= 4 is 0 Å². The zero-order valence-electron chi connectivity index (χ0n) is 10.7. The highest BCUT2D eigenvalue weighted by Crippen LogP contribution is 2.27. The van der Waals surface area contributed by atoms with Crippen LogP contribution in [0.15, 0.2) is 0 Å². The van der Waals surface area contributed by atoms with Crippen molar-refractivity contribution in [3.63, 3.8) is 0 Å². The molecule has 0 saturated heterocycles. The minimum absolute atomic E-state index is 0.0973. The zero-order chi connectivity index (χ0) is 11.6. The average Bonchev–Trinajstić information content (AvgIpc) is 1.97. The number of rotatable bonds is 5. The minimum atomic E-state index is -0.763. The number of hydrogen-bond acceptors (Lipinski definition) is 2. The molecular weight excluding hydrogens is 176 g/mol. The van der Waals surface area contributed by atoms with E-state index in [4.69, 9.17) is 4.74 Å². The largest absolute Gasteiger partial charge is 0.388 e. The van der Waals surface area contributed by atoms with Crippen molar-refractivity contribution < 1.29 is 9.84 Å². The van der Waals surface area contributed by atoms with Crippen molar-refractivity contribution in [3.8, 4) is 0 Å². The van der Waals surface area contributed by atoms with Gasteiger partial charge in [0.25, 0.3) is 0 Å². The van der Waals surface area contributed by atoms with E-state index in [0.29, 0.717) is 5.92 Å². The van der Waals surface area contributed by atoms with E-state index in [9.17, 15) is 5.11 Å². The van der Waals surface area contributed by atoms with Crippen LogP contribution in [0.25, 0.3) is 0 Å². The highest BCUT2D eigenvalue weighted by molar-refractivity contribution is 4.82. The second-order valence-corrected chi connectivity index (χ2v) is 5.43. The van der Waals surface area contributed by atoms with Crippen molar-refractivity contribution in [3.05, 3.63) is 0 Å². The third-order valence-electron chi connectivity index (χ3n) is 3.00. The van der Waals surface area contributed by atoms with E-state index in [1.165, 1.54) is 0 Å².